The smallest absolute Gasteiger partial charge is 0.162 e. The Kier molecular flexibility index (Phi) is 3.69. The van der Waals surface area contributed by atoms with Gasteiger partial charge in [0.25, 0.3) is 0 Å². The number of ether oxygens (including phenoxy) is 1. The van der Waals surface area contributed by atoms with Crippen LogP contribution in [0.1, 0.15) is 18.9 Å². The number of halogens is 3. The van der Waals surface area contributed by atoms with Gasteiger partial charge in [-0.2, -0.15) is 0 Å². The molecule has 1 saturated heterocycles. The fraction of sp³-hybridized carbons (Fsp3) is 0.538. The third kappa shape index (κ3) is 2.31. The van der Waals surface area contributed by atoms with E-state index in [4.69, 9.17) is 16.3 Å². The van der Waals surface area contributed by atoms with Crippen LogP contribution < -0.4 is 0 Å². The molecule has 2 rings (SSSR count). The highest BCUT2D eigenvalue weighted by molar-refractivity contribution is 6.18. The average Bonchev–Trinajstić information content (AvgIpc) is 2.67. The van der Waals surface area contributed by atoms with Crippen LogP contribution in [0.2, 0.25) is 0 Å². The van der Waals surface area contributed by atoms with E-state index in [0.29, 0.717) is 24.5 Å². The molecule has 2 unspecified atom stereocenters. The predicted octanol–water partition coefficient (Wildman–Crippen LogP) is 3.54. The Labute approximate surface area is 105 Å². The van der Waals surface area contributed by atoms with E-state index in [0.717, 1.165) is 12.5 Å². The summed E-state index contributed by atoms with van der Waals surface area (Å²) in [6, 6.07) is 4.26. The summed E-state index contributed by atoms with van der Waals surface area (Å²) in [5, 5.41) is 0. The number of rotatable bonds is 3. The molecule has 0 spiro atoms. The Balaban J connectivity index is 2.27. The normalized spacial score (nSPS) is 28.6. The van der Waals surface area contributed by atoms with Gasteiger partial charge in [-0.15, -0.1) is 11.6 Å². The fourth-order valence-corrected chi connectivity index (χ4v) is 2.78. The van der Waals surface area contributed by atoms with Gasteiger partial charge in [-0.1, -0.05) is 12.1 Å². The van der Waals surface area contributed by atoms with E-state index in [-0.39, 0.29) is 11.5 Å². The number of alkyl halides is 1. The van der Waals surface area contributed by atoms with Crippen LogP contribution in [-0.2, 0) is 11.2 Å². The van der Waals surface area contributed by atoms with Gasteiger partial charge < -0.3 is 4.74 Å². The highest BCUT2D eigenvalue weighted by Crippen LogP contribution is 2.39. The molecule has 1 aliphatic heterocycles. The van der Waals surface area contributed by atoms with Crippen molar-refractivity contribution in [1.82, 2.24) is 0 Å². The fourth-order valence-electron chi connectivity index (χ4n) is 2.34. The van der Waals surface area contributed by atoms with Gasteiger partial charge >= 0.3 is 0 Å². The molecule has 0 aromatic heterocycles. The molecular weight excluding hydrogens is 246 g/mol. The van der Waals surface area contributed by atoms with Crippen molar-refractivity contribution >= 4 is 11.6 Å². The van der Waals surface area contributed by atoms with Crippen LogP contribution in [0.5, 0.6) is 0 Å². The summed E-state index contributed by atoms with van der Waals surface area (Å²) in [6.07, 6.45) is 1.18. The molecule has 1 heterocycles. The first-order chi connectivity index (χ1) is 8.09. The minimum absolute atomic E-state index is 0.0253. The molecule has 1 fully saturated rings. The molecule has 4 heteroatoms. The number of benzene rings is 1. The van der Waals surface area contributed by atoms with Gasteiger partial charge in [0.1, 0.15) is 0 Å². The highest BCUT2D eigenvalue weighted by atomic mass is 35.5. The largest absolute Gasteiger partial charge is 0.378 e. The second-order valence-electron chi connectivity index (χ2n) is 4.65. The molecule has 0 N–H and O–H groups in total. The molecule has 0 amide bonds. The lowest BCUT2D eigenvalue weighted by molar-refractivity contribution is 0.0731. The Morgan fingerprint density at radius 3 is 2.82 bits per heavy atom. The van der Waals surface area contributed by atoms with Crippen LogP contribution in [0.3, 0.4) is 0 Å². The Morgan fingerprint density at radius 1 is 1.47 bits per heavy atom. The quantitative estimate of drug-likeness (QED) is 0.756. The van der Waals surface area contributed by atoms with Gasteiger partial charge in [0.15, 0.2) is 11.6 Å². The van der Waals surface area contributed by atoms with Crippen LogP contribution in [0.4, 0.5) is 8.78 Å². The van der Waals surface area contributed by atoms with Crippen molar-refractivity contribution < 1.29 is 13.5 Å². The van der Waals surface area contributed by atoms with Crippen molar-refractivity contribution in [2.75, 3.05) is 12.5 Å². The van der Waals surface area contributed by atoms with Crippen molar-refractivity contribution in [3.63, 3.8) is 0 Å². The van der Waals surface area contributed by atoms with Crippen LogP contribution in [0.15, 0.2) is 18.2 Å². The van der Waals surface area contributed by atoms with Crippen LogP contribution in [0, 0.1) is 17.0 Å². The third-order valence-electron chi connectivity index (χ3n) is 3.67. The first-order valence-corrected chi connectivity index (χ1v) is 6.23. The van der Waals surface area contributed by atoms with Crippen LogP contribution >= 0.6 is 11.6 Å². The maximum atomic E-state index is 13.6. The number of hydrogen-bond acceptors (Lipinski definition) is 1. The summed E-state index contributed by atoms with van der Waals surface area (Å²) < 4.78 is 32.3. The SMILES string of the molecule is CC1OCCC1(CCl)Cc1cccc(F)c1F. The van der Waals surface area contributed by atoms with Gasteiger partial charge in [-0.25, -0.2) is 8.78 Å². The van der Waals surface area contributed by atoms with Gasteiger partial charge in [0.05, 0.1) is 6.10 Å². The molecule has 0 aliphatic carbocycles. The number of hydrogen-bond donors (Lipinski definition) is 0. The minimum Gasteiger partial charge on any atom is -0.378 e. The lowest BCUT2D eigenvalue weighted by atomic mass is 9.78. The second-order valence-corrected chi connectivity index (χ2v) is 4.92. The molecule has 0 bridgehead atoms. The van der Waals surface area contributed by atoms with Gasteiger partial charge in [-0.05, 0) is 31.4 Å². The summed E-state index contributed by atoms with van der Waals surface area (Å²) >= 11 is 6.01. The van der Waals surface area contributed by atoms with Crippen LogP contribution in [-0.4, -0.2) is 18.6 Å². The van der Waals surface area contributed by atoms with Crippen molar-refractivity contribution in [2.45, 2.75) is 25.9 Å². The Morgan fingerprint density at radius 2 is 2.24 bits per heavy atom. The summed E-state index contributed by atoms with van der Waals surface area (Å²) in [5.41, 5.74) is 0.0962. The maximum absolute atomic E-state index is 13.6. The van der Waals surface area contributed by atoms with Gasteiger partial charge in [-0.3, -0.25) is 0 Å². The zero-order valence-corrected chi connectivity index (χ0v) is 10.4. The Bertz CT molecular complexity index is 410. The molecule has 0 saturated carbocycles. The molecule has 1 aromatic carbocycles. The standard InChI is InChI=1S/C13H15ClF2O/c1-9-13(8-14,5-6-17-9)7-10-3-2-4-11(15)12(10)16/h2-4,9H,5-8H2,1H3. The van der Waals surface area contributed by atoms with E-state index in [2.05, 4.69) is 0 Å². The lowest BCUT2D eigenvalue weighted by Gasteiger charge is -2.30. The first-order valence-electron chi connectivity index (χ1n) is 5.69. The van der Waals surface area contributed by atoms with E-state index >= 15 is 0 Å². The molecule has 1 nitrogen and oxygen atoms in total. The molecule has 17 heavy (non-hydrogen) atoms. The van der Waals surface area contributed by atoms with E-state index in [1.165, 1.54) is 6.07 Å². The van der Waals surface area contributed by atoms with Crippen molar-refractivity contribution in [2.24, 2.45) is 5.41 Å². The third-order valence-corrected chi connectivity index (χ3v) is 4.20. The average molecular weight is 261 g/mol. The lowest BCUT2D eigenvalue weighted by Crippen LogP contribution is -2.33. The van der Waals surface area contributed by atoms with Gasteiger partial charge in [0, 0.05) is 17.9 Å². The predicted molar refractivity (Wildman–Crippen MR) is 63.2 cm³/mol. The summed E-state index contributed by atoms with van der Waals surface area (Å²) in [7, 11) is 0. The summed E-state index contributed by atoms with van der Waals surface area (Å²) in [6.45, 7) is 2.57. The maximum Gasteiger partial charge on any atom is 0.162 e. The van der Waals surface area contributed by atoms with E-state index in [1.54, 1.807) is 6.07 Å². The zero-order valence-electron chi connectivity index (χ0n) is 9.68. The highest BCUT2D eigenvalue weighted by Gasteiger charge is 2.41. The minimum atomic E-state index is -0.807. The van der Waals surface area contributed by atoms with Crippen molar-refractivity contribution in [1.29, 1.82) is 0 Å². The van der Waals surface area contributed by atoms with Crippen molar-refractivity contribution in [3.05, 3.63) is 35.4 Å². The first kappa shape index (κ1) is 12.8. The molecule has 0 radical (unpaired) electrons. The van der Waals surface area contributed by atoms with Crippen molar-refractivity contribution in [3.8, 4) is 0 Å². The Hall–Kier alpha value is -0.670. The van der Waals surface area contributed by atoms with E-state index < -0.39 is 11.6 Å². The molecule has 1 aliphatic rings. The second kappa shape index (κ2) is 4.91. The summed E-state index contributed by atoms with van der Waals surface area (Å²) in [4.78, 5) is 0. The van der Waals surface area contributed by atoms with E-state index in [9.17, 15) is 8.78 Å². The molecule has 94 valence electrons. The van der Waals surface area contributed by atoms with Gasteiger partial charge in [0.2, 0.25) is 0 Å². The molecule has 1 aromatic rings. The van der Waals surface area contributed by atoms with E-state index in [1.807, 2.05) is 6.92 Å². The summed E-state index contributed by atoms with van der Waals surface area (Å²) in [5.74, 6) is -1.18. The zero-order chi connectivity index (χ0) is 12.5. The molecule has 2 atom stereocenters. The van der Waals surface area contributed by atoms with Crippen LogP contribution in [0.25, 0.3) is 0 Å². The monoisotopic (exact) mass is 260 g/mol. The molecular formula is C13H15ClF2O. The topological polar surface area (TPSA) is 9.23 Å².